The molecule has 1 heterocycles. The molecule has 1 aromatic carbocycles. The number of nitrogens with zero attached hydrogens (tertiary/aromatic N) is 1. The normalized spacial score (nSPS) is 16.0. The van der Waals surface area contributed by atoms with Crippen LogP contribution in [0.5, 0.6) is 11.5 Å². The molecule has 0 atom stereocenters. The van der Waals surface area contributed by atoms with Crippen molar-refractivity contribution in [3.05, 3.63) is 23.8 Å². The summed E-state index contributed by atoms with van der Waals surface area (Å²) in [5.74, 6) is 3.19. The second kappa shape index (κ2) is 9.17. The smallest absolute Gasteiger partial charge is 0.231 e. The van der Waals surface area contributed by atoms with Gasteiger partial charge in [-0.1, -0.05) is 6.07 Å². The van der Waals surface area contributed by atoms with Crippen LogP contribution in [0.4, 0.5) is 0 Å². The van der Waals surface area contributed by atoms with Crippen molar-refractivity contribution < 1.29 is 14.2 Å². The Balaban J connectivity index is 0.00000192. The molecular weight excluding hydrogens is 409 g/mol. The maximum absolute atomic E-state index is 5.59. The second-order valence-electron chi connectivity index (χ2n) is 5.56. The van der Waals surface area contributed by atoms with E-state index in [0.29, 0.717) is 19.9 Å². The van der Waals surface area contributed by atoms with Crippen LogP contribution in [0.1, 0.15) is 18.4 Å². The fourth-order valence-electron chi connectivity index (χ4n) is 2.23. The number of hydrogen-bond acceptors (Lipinski definition) is 4. The summed E-state index contributed by atoms with van der Waals surface area (Å²) in [4.78, 5) is 4.20. The molecule has 2 aliphatic rings. The van der Waals surface area contributed by atoms with E-state index in [1.54, 1.807) is 7.05 Å². The van der Waals surface area contributed by atoms with Gasteiger partial charge in [0.2, 0.25) is 6.79 Å². The quantitative estimate of drug-likeness (QED) is 0.299. The van der Waals surface area contributed by atoms with Gasteiger partial charge >= 0.3 is 0 Å². The molecule has 1 aliphatic heterocycles. The van der Waals surface area contributed by atoms with Crippen molar-refractivity contribution >= 4 is 29.9 Å². The van der Waals surface area contributed by atoms with E-state index in [4.69, 9.17) is 14.2 Å². The Bertz CT molecular complexity index is 535. The van der Waals surface area contributed by atoms with Crippen molar-refractivity contribution in [1.29, 1.82) is 0 Å². The Hall–Kier alpha value is -1.22. The van der Waals surface area contributed by atoms with E-state index < -0.39 is 0 Å². The first kappa shape index (κ1) is 18.1. The van der Waals surface area contributed by atoms with Crippen molar-refractivity contribution in [2.75, 3.05) is 33.6 Å². The minimum Gasteiger partial charge on any atom is -0.454 e. The molecule has 0 spiro atoms. The predicted octanol–water partition coefficient (Wildman–Crippen LogP) is 2.12. The first-order valence-electron chi connectivity index (χ1n) is 7.76. The Morgan fingerprint density at radius 1 is 1.26 bits per heavy atom. The molecule has 23 heavy (non-hydrogen) atoms. The number of hydrogen-bond donors (Lipinski definition) is 2. The minimum atomic E-state index is 0. The Kier molecular flexibility index (Phi) is 7.22. The summed E-state index contributed by atoms with van der Waals surface area (Å²) in [5, 5.41) is 6.52. The summed E-state index contributed by atoms with van der Waals surface area (Å²) in [6, 6.07) is 5.94. The molecule has 1 fully saturated rings. The van der Waals surface area contributed by atoms with E-state index in [1.807, 2.05) is 18.2 Å². The minimum absolute atomic E-state index is 0. The molecular formula is C16H24IN3O3. The van der Waals surface area contributed by atoms with Crippen LogP contribution in [0.25, 0.3) is 0 Å². The average molecular weight is 433 g/mol. The number of halogens is 1. The highest BCUT2D eigenvalue weighted by atomic mass is 127. The Morgan fingerprint density at radius 3 is 2.87 bits per heavy atom. The van der Waals surface area contributed by atoms with Gasteiger partial charge in [0.15, 0.2) is 17.5 Å². The van der Waals surface area contributed by atoms with Crippen LogP contribution in [-0.4, -0.2) is 39.6 Å². The van der Waals surface area contributed by atoms with Gasteiger partial charge in [-0.3, -0.25) is 4.99 Å². The summed E-state index contributed by atoms with van der Waals surface area (Å²) in [7, 11) is 1.76. The van der Waals surface area contributed by atoms with E-state index in [9.17, 15) is 0 Å². The number of nitrogens with one attached hydrogen (secondary N) is 2. The highest BCUT2D eigenvalue weighted by Crippen LogP contribution is 2.32. The maximum Gasteiger partial charge on any atom is 0.231 e. The highest BCUT2D eigenvalue weighted by molar-refractivity contribution is 14.0. The molecule has 0 unspecified atom stereocenters. The first-order chi connectivity index (χ1) is 10.8. The molecule has 0 radical (unpaired) electrons. The maximum atomic E-state index is 5.59. The number of benzene rings is 1. The lowest BCUT2D eigenvalue weighted by Gasteiger charge is -2.12. The lowest BCUT2D eigenvalue weighted by Crippen LogP contribution is -2.38. The number of fused-ring (bicyclic) bond motifs is 1. The zero-order valence-corrected chi connectivity index (χ0v) is 15.7. The molecule has 0 saturated heterocycles. The van der Waals surface area contributed by atoms with Gasteiger partial charge in [0.05, 0.1) is 6.61 Å². The Morgan fingerprint density at radius 2 is 2.09 bits per heavy atom. The molecule has 6 nitrogen and oxygen atoms in total. The van der Waals surface area contributed by atoms with Gasteiger partial charge in [0.25, 0.3) is 0 Å². The van der Waals surface area contributed by atoms with Crippen LogP contribution >= 0.6 is 24.0 Å². The second-order valence-corrected chi connectivity index (χ2v) is 5.56. The van der Waals surface area contributed by atoms with Crippen molar-refractivity contribution in [2.45, 2.75) is 19.4 Å². The largest absolute Gasteiger partial charge is 0.454 e. The average Bonchev–Trinajstić information content (AvgIpc) is 3.25. The molecule has 0 bridgehead atoms. The van der Waals surface area contributed by atoms with Crippen LogP contribution in [0.15, 0.2) is 23.2 Å². The van der Waals surface area contributed by atoms with Crippen molar-refractivity contribution in [3.8, 4) is 11.5 Å². The van der Waals surface area contributed by atoms with E-state index in [0.717, 1.165) is 42.1 Å². The standard InChI is InChI=1S/C16H23N3O3.HI/c1-17-16(18-6-7-20-10-12-2-3-12)19-9-13-4-5-14-15(8-13)22-11-21-14;/h4-5,8,12H,2-3,6-7,9-11H2,1H3,(H2,17,18,19);1H. The molecule has 1 saturated carbocycles. The van der Waals surface area contributed by atoms with Gasteiger partial charge in [-0.2, -0.15) is 0 Å². The van der Waals surface area contributed by atoms with E-state index in [1.165, 1.54) is 12.8 Å². The third kappa shape index (κ3) is 5.72. The molecule has 2 N–H and O–H groups in total. The van der Waals surface area contributed by atoms with Gasteiger partial charge in [-0.25, -0.2) is 0 Å². The van der Waals surface area contributed by atoms with Gasteiger partial charge in [0.1, 0.15) is 0 Å². The third-order valence-corrected chi connectivity index (χ3v) is 3.71. The summed E-state index contributed by atoms with van der Waals surface area (Å²) >= 11 is 0. The zero-order valence-electron chi connectivity index (χ0n) is 13.3. The molecule has 3 rings (SSSR count). The fraction of sp³-hybridized carbons (Fsp3) is 0.562. The number of rotatable bonds is 7. The first-order valence-corrected chi connectivity index (χ1v) is 7.76. The summed E-state index contributed by atoms with van der Waals surface area (Å²) in [6.45, 7) is 3.34. The third-order valence-electron chi connectivity index (χ3n) is 3.71. The SMILES string of the molecule is CN=C(NCCOCC1CC1)NCc1ccc2c(c1)OCO2.I. The van der Waals surface area contributed by atoms with Gasteiger partial charge in [-0.05, 0) is 36.5 Å². The fourth-order valence-corrected chi connectivity index (χ4v) is 2.23. The zero-order chi connectivity index (χ0) is 15.2. The highest BCUT2D eigenvalue weighted by Gasteiger charge is 2.20. The van der Waals surface area contributed by atoms with Crippen LogP contribution in [-0.2, 0) is 11.3 Å². The molecule has 1 aliphatic carbocycles. The number of ether oxygens (including phenoxy) is 3. The Labute approximate surface area is 154 Å². The lowest BCUT2D eigenvalue weighted by molar-refractivity contribution is 0.129. The van der Waals surface area contributed by atoms with Crippen LogP contribution in [0.3, 0.4) is 0 Å². The molecule has 1 aromatic rings. The van der Waals surface area contributed by atoms with E-state index >= 15 is 0 Å². The molecule has 0 amide bonds. The summed E-state index contributed by atoms with van der Waals surface area (Å²) < 4.78 is 16.3. The van der Waals surface area contributed by atoms with Crippen LogP contribution < -0.4 is 20.1 Å². The molecule has 0 aromatic heterocycles. The van der Waals surface area contributed by atoms with Crippen molar-refractivity contribution in [1.82, 2.24) is 10.6 Å². The van der Waals surface area contributed by atoms with Gasteiger partial charge in [-0.15, -0.1) is 24.0 Å². The number of guanidine groups is 1. The van der Waals surface area contributed by atoms with Gasteiger partial charge in [0, 0.05) is 26.7 Å². The summed E-state index contributed by atoms with van der Waals surface area (Å²) in [6.07, 6.45) is 2.65. The van der Waals surface area contributed by atoms with Crippen molar-refractivity contribution in [2.24, 2.45) is 10.9 Å². The summed E-state index contributed by atoms with van der Waals surface area (Å²) in [5.41, 5.74) is 1.12. The van der Waals surface area contributed by atoms with Crippen LogP contribution in [0.2, 0.25) is 0 Å². The topological polar surface area (TPSA) is 64.1 Å². The van der Waals surface area contributed by atoms with E-state index in [2.05, 4.69) is 15.6 Å². The predicted molar refractivity (Wildman–Crippen MR) is 99.7 cm³/mol. The molecule has 7 heteroatoms. The van der Waals surface area contributed by atoms with Crippen molar-refractivity contribution in [3.63, 3.8) is 0 Å². The van der Waals surface area contributed by atoms with Crippen LogP contribution in [0, 0.1) is 5.92 Å². The van der Waals surface area contributed by atoms with Gasteiger partial charge < -0.3 is 24.8 Å². The lowest BCUT2D eigenvalue weighted by atomic mass is 10.2. The molecule has 128 valence electrons. The van der Waals surface area contributed by atoms with E-state index in [-0.39, 0.29) is 24.0 Å². The monoisotopic (exact) mass is 433 g/mol. The number of aliphatic imine (C=N–C) groups is 1.